The molecular weight excluding hydrogens is 340 g/mol. The van der Waals surface area contributed by atoms with Gasteiger partial charge in [-0.2, -0.15) is 0 Å². The Kier molecular flexibility index (Phi) is 5.53. The van der Waals surface area contributed by atoms with Crippen molar-refractivity contribution in [2.45, 2.75) is 39.7 Å². The molecule has 0 bridgehead atoms. The Morgan fingerprint density at radius 1 is 1.44 bits per heavy atom. The maximum atomic E-state index is 12.4. The molecule has 1 aromatic heterocycles. The van der Waals surface area contributed by atoms with Crippen LogP contribution < -0.4 is 10.2 Å². The van der Waals surface area contributed by atoms with Gasteiger partial charge in [-0.15, -0.1) is 5.10 Å². The number of carbonyl (C=O) groups is 1. The van der Waals surface area contributed by atoms with Crippen molar-refractivity contribution < 1.29 is 4.79 Å². The highest BCUT2D eigenvalue weighted by molar-refractivity contribution is 6.31. The van der Waals surface area contributed by atoms with Crippen LogP contribution in [0.25, 0.3) is 0 Å². The first kappa shape index (κ1) is 17.7. The highest BCUT2D eigenvalue weighted by atomic mass is 35.5. The minimum absolute atomic E-state index is 0.0801. The summed E-state index contributed by atoms with van der Waals surface area (Å²) in [7, 11) is 0. The van der Waals surface area contributed by atoms with Crippen molar-refractivity contribution >= 4 is 28.9 Å². The molecule has 1 fully saturated rings. The fourth-order valence-corrected chi connectivity index (χ4v) is 3.34. The number of aryl methyl sites for hydroxylation is 2. The Balaban J connectivity index is 1.69. The lowest BCUT2D eigenvalue weighted by molar-refractivity contribution is -0.116. The number of piperidine rings is 1. The molecule has 0 aliphatic carbocycles. The number of aromatic nitrogens is 4. The van der Waals surface area contributed by atoms with E-state index >= 15 is 0 Å². The largest absolute Gasteiger partial charge is 0.370 e. The van der Waals surface area contributed by atoms with E-state index in [1.807, 2.05) is 25.1 Å². The first-order valence-corrected chi connectivity index (χ1v) is 8.98. The fraction of sp³-hybridized carbons (Fsp3) is 0.529. The lowest BCUT2D eigenvalue weighted by Crippen LogP contribution is -2.34. The number of anilines is 2. The van der Waals surface area contributed by atoms with Crippen LogP contribution >= 0.6 is 11.6 Å². The van der Waals surface area contributed by atoms with Crippen molar-refractivity contribution in [3.05, 3.63) is 29.0 Å². The zero-order valence-electron chi connectivity index (χ0n) is 14.6. The van der Waals surface area contributed by atoms with E-state index in [9.17, 15) is 4.79 Å². The van der Waals surface area contributed by atoms with Crippen molar-refractivity contribution in [1.82, 2.24) is 20.2 Å². The van der Waals surface area contributed by atoms with Crippen LogP contribution in [0, 0.1) is 12.8 Å². The van der Waals surface area contributed by atoms with Gasteiger partial charge in [0.1, 0.15) is 5.82 Å². The SMILES string of the molecule is Cc1nnnn1CCC(=O)Nc1cc(Cl)ccc1N1CCCC(C)C1. The van der Waals surface area contributed by atoms with Gasteiger partial charge in [0.15, 0.2) is 0 Å². The predicted molar refractivity (Wildman–Crippen MR) is 97.9 cm³/mol. The van der Waals surface area contributed by atoms with Crippen LogP contribution in [0.5, 0.6) is 0 Å². The Bertz CT molecular complexity index is 746. The van der Waals surface area contributed by atoms with Crippen molar-refractivity contribution in [3.63, 3.8) is 0 Å². The Hall–Kier alpha value is -2.15. The summed E-state index contributed by atoms with van der Waals surface area (Å²) >= 11 is 6.15. The third-order valence-electron chi connectivity index (χ3n) is 4.49. The van der Waals surface area contributed by atoms with Crippen LogP contribution in [0.1, 0.15) is 32.0 Å². The highest BCUT2D eigenvalue weighted by Crippen LogP contribution is 2.32. The summed E-state index contributed by atoms with van der Waals surface area (Å²) < 4.78 is 1.62. The average molecular weight is 363 g/mol. The fourth-order valence-electron chi connectivity index (χ4n) is 3.17. The zero-order valence-corrected chi connectivity index (χ0v) is 15.3. The van der Waals surface area contributed by atoms with E-state index in [0.29, 0.717) is 29.7 Å². The van der Waals surface area contributed by atoms with Gasteiger partial charge in [-0.1, -0.05) is 18.5 Å². The number of nitrogens with one attached hydrogen (secondary N) is 1. The Labute approximate surface area is 152 Å². The summed E-state index contributed by atoms with van der Waals surface area (Å²) in [6.07, 6.45) is 2.71. The molecule has 0 saturated carbocycles. The van der Waals surface area contributed by atoms with E-state index in [-0.39, 0.29) is 5.91 Å². The normalized spacial score (nSPS) is 17.6. The average Bonchev–Trinajstić information content (AvgIpc) is 2.98. The number of halogens is 1. The van der Waals surface area contributed by atoms with E-state index in [0.717, 1.165) is 30.9 Å². The minimum atomic E-state index is -0.0801. The number of tetrazole rings is 1. The second kappa shape index (κ2) is 7.82. The van der Waals surface area contributed by atoms with Gasteiger partial charge in [0.2, 0.25) is 5.91 Å². The molecule has 1 saturated heterocycles. The Morgan fingerprint density at radius 2 is 2.28 bits per heavy atom. The van der Waals surface area contributed by atoms with Crippen LogP contribution in [0.15, 0.2) is 18.2 Å². The van der Waals surface area contributed by atoms with Crippen molar-refractivity contribution in [2.75, 3.05) is 23.3 Å². The molecule has 0 radical (unpaired) electrons. The third-order valence-corrected chi connectivity index (χ3v) is 4.73. The standard InChI is InChI=1S/C17H23ClN6O/c1-12-4-3-8-23(11-12)16-6-5-14(18)10-15(16)19-17(25)7-9-24-13(2)20-21-22-24/h5-6,10,12H,3-4,7-9,11H2,1-2H3,(H,19,25). The van der Waals surface area contributed by atoms with Gasteiger partial charge >= 0.3 is 0 Å². The number of rotatable bonds is 5. The van der Waals surface area contributed by atoms with Crippen LogP contribution in [-0.4, -0.2) is 39.2 Å². The summed E-state index contributed by atoms with van der Waals surface area (Å²) in [5, 5.41) is 14.9. The molecule has 25 heavy (non-hydrogen) atoms. The summed E-state index contributed by atoms with van der Waals surface area (Å²) in [6.45, 7) is 6.51. The molecule has 2 heterocycles. The molecule has 7 nitrogen and oxygen atoms in total. The lowest BCUT2D eigenvalue weighted by Gasteiger charge is -2.34. The van der Waals surface area contributed by atoms with E-state index in [4.69, 9.17) is 11.6 Å². The lowest BCUT2D eigenvalue weighted by atomic mass is 9.99. The second-order valence-electron chi connectivity index (χ2n) is 6.60. The van der Waals surface area contributed by atoms with Crippen LogP contribution in [0.4, 0.5) is 11.4 Å². The Morgan fingerprint density at radius 3 is 3.00 bits per heavy atom. The van der Waals surface area contributed by atoms with Crippen LogP contribution in [-0.2, 0) is 11.3 Å². The van der Waals surface area contributed by atoms with Gasteiger partial charge in [-0.25, -0.2) is 4.68 Å². The summed E-state index contributed by atoms with van der Waals surface area (Å²) in [6, 6.07) is 5.67. The number of nitrogens with zero attached hydrogens (tertiary/aromatic N) is 5. The number of hydrogen-bond donors (Lipinski definition) is 1. The first-order valence-electron chi connectivity index (χ1n) is 8.60. The highest BCUT2D eigenvalue weighted by Gasteiger charge is 2.20. The quantitative estimate of drug-likeness (QED) is 0.885. The number of carbonyl (C=O) groups excluding carboxylic acids is 1. The summed E-state index contributed by atoms with van der Waals surface area (Å²) in [4.78, 5) is 14.7. The molecule has 1 unspecified atom stereocenters. The molecule has 3 rings (SSSR count). The topological polar surface area (TPSA) is 75.9 Å². The zero-order chi connectivity index (χ0) is 17.8. The first-order chi connectivity index (χ1) is 12.0. The van der Waals surface area contributed by atoms with E-state index < -0.39 is 0 Å². The van der Waals surface area contributed by atoms with E-state index in [1.54, 1.807) is 4.68 Å². The van der Waals surface area contributed by atoms with Gasteiger partial charge in [0, 0.05) is 24.5 Å². The third kappa shape index (κ3) is 4.48. The summed E-state index contributed by atoms with van der Waals surface area (Å²) in [5.41, 5.74) is 1.79. The molecule has 134 valence electrons. The molecular formula is C17H23ClN6O. The molecule has 1 aromatic carbocycles. The van der Waals surface area contributed by atoms with Crippen LogP contribution in [0.2, 0.25) is 5.02 Å². The van der Waals surface area contributed by atoms with Crippen molar-refractivity contribution in [3.8, 4) is 0 Å². The molecule has 1 atom stereocenters. The van der Waals surface area contributed by atoms with Crippen molar-refractivity contribution in [1.29, 1.82) is 0 Å². The van der Waals surface area contributed by atoms with Gasteiger partial charge in [-0.3, -0.25) is 4.79 Å². The molecule has 2 aromatic rings. The van der Waals surface area contributed by atoms with E-state index in [1.165, 1.54) is 6.42 Å². The van der Waals surface area contributed by atoms with Gasteiger partial charge < -0.3 is 10.2 Å². The summed E-state index contributed by atoms with van der Waals surface area (Å²) in [5.74, 6) is 1.26. The molecule has 8 heteroatoms. The minimum Gasteiger partial charge on any atom is -0.370 e. The number of hydrogen-bond acceptors (Lipinski definition) is 5. The second-order valence-corrected chi connectivity index (χ2v) is 7.04. The molecule has 1 amide bonds. The van der Waals surface area contributed by atoms with Gasteiger partial charge in [0.25, 0.3) is 0 Å². The van der Waals surface area contributed by atoms with Crippen LogP contribution in [0.3, 0.4) is 0 Å². The molecule has 0 spiro atoms. The molecule has 1 N–H and O–H groups in total. The predicted octanol–water partition coefficient (Wildman–Crippen LogP) is 2.90. The number of amides is 1. The van der Waals surface area contributed by atoms with E-state index in [2.05, 4.69) is 32.7 Å². The van der Waals surface area contributed by atoms with Gasteiger partial charge in [-0.05, 0) is 54.3 Å². The monoisotopic (exact) mass is 362 g/mol. The van der Waals surface area contributed by atoms with Gasteiger partial charge in [0.05, 0.1) is 17.9 Å². The van der Waals surface area contributed by atoms with Crippen molar-refractivity contribution in [2.24, 2.45) is 5.92 Å². The molecule has 1 aliphatic rings. The number of benzene rings is 1. The maximum Gasteiger partial charge on any atom is 0.226 e. The molecule has 1 aliphatic heterocycles. The maximum absolute atomic E-state index is 12.4. The smallest absolute Gasteiger partial charge is 0.226 e.